The van der Waals surface area contributed by atoms with Crippen LogP contribution in [0.5, 0.6) is 0 Å². The highest BCUT2D eigenvalue weighted by atomic mass is 32.2. The smallest absolute Gasteiger partial charge is 0.230 e. The van der Waals surface area contributed by atoms with Crippen molar-refractivity contribution in [3.05, 3.63) is 0 Å². The number of carbonyl (C=O) groups excluding carboxylic acids is 1. The summed E-state index contributed by atoms with van der Waals surface area (Å²) in [5, 5.41) is 15.1. The zero-order chi connectivity index (χ0) is 15.3. The van der Waals surface area contributed by atoms with Crippen molar-refractivity contribution in [2.75, 3.05) is 24.2 Å². The lowest BCUT2D eigenvalue weighted by atomic mass is 10.1. The Labute approximate surface area is 133 Å². The Kier molecular flexibility index (Phi) is 5.83. The SMILES string of the molecule is CC(C)(C)NC(=O)CSc1nnc(NCC2CCCO2)s1. The molecule has 0 radical (unpaired) electrons. The molecule has 0 aliphatic carbocycles. The Morgan fingerprint density at radius 2 is 2.29 bits per heavy atom. The number of ether oxygens (including phenoxy) is 1. The first kappa shape index (κ1) is 16.5. The van der Waals surface area contributed by atoms with Gasteiger partial charge in [0.15, 0.2) is 4.34 Å². The van der Waals surface area contributed by atoms with E-state index in [9.17, 15) is 4.79 Å². The minimum absolute atomic E-state index is 0.0107. The van der Waals surface area contributed by atoms with E-state index in [1.807, 2.05) is 20.8 Å². The highest BCUT2D eigenvalue weighted by molar-refractivity contribution is 8.01. The van der Waals surface area contributed by atoms with E-state index in [0.29, 0.717) is 5.75 Å². The van der Waals surface area contributed by atoms with Crippen LogP contribution in [0, 0.1) is 0 Å². The Hall–Kier alpha value is -0.860. The van der Waals surface area contributed by atoms with Gasteiger partial charge in [-0.25, -0.2) is 0 Å². The van der Waals surface area contributed by atoms with E-state index in [1.54, 1.807) is 0 Å². The van der Waals surface area contributed by atoms with Gasteiger partial charge in [0.25, 0.3) is 0 Å². The van der Waals surface area contributed by atoms with Gasteiger partial charge in [-0.15, -0.1) is 10.2 Å². The molecule has 8 heteroatoms. The molecule has 1 aliphatic rings. The molecule has 1 atom stereocenters. The van der Waals surface area contributed by atoms with E-state index in [2.05, 4.69) is 20.8 Å². The molecule has 1 aromatic rings. The fourth-order valence-electron chi connectivity index (χ4n) is 1.93. The summed E-state index contributed by atoms with van der Waals surface area (Å²) >= 11 is 2.88. The van der Waals surface area contributed by atoms with Crippen molar-refractivity contribution in [3.63, 3.8) is 0 Å². The van der Waals surface area contributed by atoms with Crippen molar-refractivity contribution in [3.8, 4) is 0 Å². The van der Waals surface area contributed by atoms with Gasteiger partial charge in [0, 0.05) is 18.7 Å². The maximum absolute atomic E-state index is 11.7. The van der Waals surface area contributed by atoms with Crippen LogP contribution >= 0.6 is 23.1 Å². The first-order chi connectivity index (χ1) is 9.92. The fraction of sp³-hybridized carbons (Fsp3) is 0.769. The lowest BCUT2D eigenvalue weighted by Crippen LogP contribution is -2.41. The third-order valence-corrected chi connectivity index (χ3v) is 4.77. The van der Waals surface area contributed by atoms with E-state index in [4.69, 9.17) is 4.74 Å². The number of aromatic nitrogens is 2. The molecule has 1 saturated heterocycles. The van der Waals surface area contributed by atoms with Gasteiger partial charge in [0.05, 0.1) is 11.9 Å². The average molecular weight is 330 g/mol. The minimum Gasteiger partial charge on any atom is -0.376 e. The molecule has 0 aromatic carbocycles. The van der Waals surface area contributed by atoms with Crippen molar-refractivity contribution in [1.82, 2.24) is 15.5 Å². The minimum atomic E-state index is -0.202. The maximum atomic E-state index is 11.7. The van der Waals surface area contributed by atoms with Crippen LogP contribution in [0.15, 0.2) is 4.34 Å². The van der Waals surface area contributed by atoms with E-state index < -0.39 is 0 Å². The van der Waals surface area contributed by atoms with Crippen LogP contribution in [0.3, 0.4) is 0 Å². The van der Waals surface area contributed by atoms with Crippen molar-refractivity contribution in [2.45, 2.75) is 49.6 Å². The fourth-order valence-corrected chi connectivity index (χ4v) is 3.49. The molecule has 21 heavy (non-hydrogen) atoms. The monoisotopic (exact) mass is 330 g/mol. The molecule has 0 bridgehead atoms. The molecule has 2 N–H and O–H groups in total. The first-order valence-electron chi connectivity index (χ1n) is 7.05. The van der Waals surface area contributed by atoms with Crippen LogP contribution < -0.4 is 10.6 Å². The summed E-state index contributed by atoms with van der Waals surface area (Å²) in [7, 11) is 0. The number of rotatable bonds is 6. The van der Waals surface area contributed by atoms with Crippen molar-refractivity contribution >= 4 is 34.1 Å². The van der Waals surface area contributed by atoms with Gasteiger partial charge in [-0.2, -0.15) is 0 Å². The zero-order valence-corrected chi connectivity index (χ0v) is 14.3. The summed E-state index contributed by atoms with van der Waals surface area (Å²) in [6, 6.07) is 0. The summed E-state index contributed by atoms with van der Waals surface area (Å²) in [5.74, 6) is 0.369. The number of hydrogen-bond acceptors (Lipinski definition) is 7. The van der Waals surface area contributed by atoms with Crippen LogP contribution in [0.25, 0.3) is 0 Å². The third kappa shape index (κ3) is 6.19. The largest absolute Gasteiger partial charge is 0.376 e. The molecule has 1 aromatic heterocycles. The summed E-state index contributed by atoms with van der Waals surface area (Å²) < 4.78 is 6.34. The van der Waals surface area contributed by atoms with E-state index in [-0.39, 0.29) is 17.6 Å². The second-order valence-corrected chi connectivity index (χ2v) is 8.18. The first-order valence-corrected chi connectivity index (χ1v) is 8.85. The summed E-state index contributed by atoms with van der Waals surface area (Å²) in [6.07, 6.45) is 2.51. The van der Waals surface area contributed by atoms with Crippen LogP contribution in [0.2, 0.25) is 0 Å². The molecular weight excluding hydrogens is 308 g/mol. The number of anilines is 1. The topological polar surface area (TPSA) is 76.1 Å². The molecule has 2 rings (SSSR count). The summed E-state index contributed by atoms with van der Waals surface area (Å²) in [4.78, 5) is 11.7. The molecule has 1 aliphatic heterocycles. The second-order valence-electron chi connectivity index (χ2n) is 5.98. The Balaban J connectivity index is 1.71. The molecule has 118 valence electrons. The molecule has 1 fully saturated rings. The van der Waals surface area contributed by atoms with Gasteiger partial charge in [-0.05, 0) is 33.6 Å². The number of carbonyl (C=O) groups is 1. The van der Waals surface area contributed by atoms with Crippen molar-refractivity contribution in [1.29, 1.82) is 0 Å². The van der Waals surface area contributed by atoms with Gasteiger partial charge in [-0.1, -0.05) is 23.1 Å². The number of nitrogens with one attached hydrogen (secondary N) is 2. The van der Waals surface area contributed by atoms with E-state index >= 15 is 0 Å². The predicted octanol–water partition coefficient (Wildman–Crippen LogP) is 2.14. The van der Waals surface area contributed by atoms with Crippen molar-refractivity contribution in [2.24, 2.45) is 0 Å². The Bertz CT molecular complexity index is 467. The summed E-state index contributed by atoms with van der Waals surface area (Å²) in [5.41, 5.74) is -0.202. The molecule has 6 nitrogen and oxygen atoms in total. The van der Waals surface area contributed by atoms with E-state index in [0.717, 1.165) is 35.5 Å². The quantitative estimate of drug-likeness (QED) is 0.778. The third-order valence-electron chi connectivity index (χ3n) is 2.75. The second kappa shape index (κ2) is 7.42. The van der Waals surface area contributed by atoms with Gasteiger partial charge in [-0.3, -0.25) is 4.79 Å². The number of nitrogens with zero attached hydrogens (tertiary/aromatic N) is 2. The van der Waals surface area contributed by atoms with Crippen LogP contribution in [-0.4, -0.2) is 46.7 Å². The molecular formula is C13H22N4O2S2. The molecule has 0 spiro atoms. The number of amides is 1. The molecule has 1 unspecified atom stereocenters. The number of hydrogen-bond donors (Lipinski definition) is 2. The predicted molar refractivity (Wildman–Crippen MR) is 86.0 cm³/mol. The lowest BCUT2D eigenvalue weighted by Gasteiger charge is -2.19. The van der Waals surface area contributed by atoms with Gasteiger partial charge >= 0.3 is 0 Å². The highest BCUT2D eigenvalue weighted by Crippen LogP contribution is 2.25. The molecule has 1 amide bonds. The Morgan fingerprint density at radius 3 is 2.95 bits per heavy atom. The standard InChI is InChI=1S/C13H22N4O2S2/c1-13(2,3)15-10(18)8-20-12-17-16-11(21-12)14-7-9-5-4-6-19-9/h9H,4-8H2,1-3H3,(H,14,16)(H,15,18). The normalized spacial score (nSPS) is 18.7. The van der Waals surface area contributed by atoms with Gasteiger partial charge < -0.3 is 15.4 Å². The molecule has 2 heterocycles. The van der Waals surface area contributed by atoms with E-state index in [1.165, 1.54) is 23.1 Å². The highest BCUT2D eigenvalue weighted by Gasteiger charge is 2.17. The van der Waals surface area contributed by atoms with Crippen molar-refractivity contribution < 1.29 is 9.53 Å². The lowest BCUT2D eigenvalue weighted by molar-refractivity contribution is -0.119. The average Bonchev–Trinajstić information content (AvgIpc) is 3.03. The van der Waals surface area contributed by atoms with Crippen LogP contribution in [0.1, 0.15) is 33.6 Å². The Morgan fingerprint density at radius 1 is 1.48 bits per heavy atom. The number of thioether (sulfide) groups is 1. The summed E-state index contributed by atoms with van der Waals surface area (Å²) in [6.45, 7) is 7.52. The van der Waals surface area contributed by atoms with Crippen LogP contribution in [-0.2, 0) is 9.53 Å². The van der Waals surface area contributed by atoms with Gasteiger partial charge in [0.1, 0.15) is 0 Å². The van der Waals surface area contributed by atoms with Crippen LogP contribution in [0.4, 0.5) is 5.13 Å². The zero-order valence-electron chi connectivity index (χ0n) is 12.6. The maximum Gasteiger partial charge on any atom is 0.230 e. The molecule has 0 saturated carbocycles. The van der Waals surface area contributed by atoms with Gasteiger partial charge in [0.2, 0.25) is 11.0 Å².